The van der Waals surface area contributed by atoms with E-state index in [2.05, 4.69) is 4.99 Å². The Morgan fingerprint density at radius 2 is 1.89 bits per heavy atom. The van der Waals surface area contributed by atoms with Crippen molar-refractivity contribution in [3.63, 3.8) is 0 Å². The highest BCUT2D eigenvalue weighted by Gasteiger charge is 2.53. The van der Waals surface area contributed by atoms with Gasteiger partial charge in [0, 0.05) is 12.0 Å². The third-order valence-electron chi connectivity index (χ3n) is 5.27. The Bertz CT molecular complexity index is 986. The van der Waals surface area contributed by atoms with Gasteiger partial charge in [-0.05, 0) is 43.2 Å². The van der Waals surface area contributed by atoms with Gasteiger partial charge in [-0.15, -0.1) is 0 Å². The van der Waals surface area contributed by atoms with Crippen LogP contribution in [0.1, 0.15) is 11.1 Å². The number of aliphatic imine (C=N–C) groups is 1. The van der Waals surface area contributed by atoms with Crippen molar-refractivity contribution >= 4 is 29.2 Å². The number of nitrogens with one attached hydrogen (secondary N) is 1. The van der Waals surface area contributed by atoms with Crippen LogP contribution in [0.25, 0.3) is 0 Å². The molecule has 0 saturated carbocycles. The minimum Gasteiger partial charge on any atom is -0.861 e. The molecule has 0 saturated heterocycles. The van der Waals surface area contributed by atoms with E-state index < -0.39 is 29.1 Å². The van der Waals surface area contributed by atoms with Gasteiger partial charge in [-0.25, -0.2) is 19.1 Å². The number of fused-ring (bicyclic) bond motifs is 1. The molecule has 0 fully saturated rings. The number of rotatable bonds is 1. The number of hydrogen-bond donors (Lipinski definition) is 1. The first kappa shape index (κ1) is 17.4. The Kier molecular flexibility index (Phi) is 3.85. The predicted molar refractivity (Wildman–Crippen MR) is 95.4 cm³/mol. The maximum Gasteiger partial charge on any atom is 0.353 e. The van der Waals surface area contributed by atoms with Gasteiger partial charge in [-0.1, -0.05) is 17.7 Å². The number of imide groups is 1. The molecule has 2 aromatic rings. The van der Waals surface area contributed by atoms with Crippen molar-refractivity contribution in [1.29, 1.82) is 0 Å². The summed E-state index contributed by atoms with van der Waals surface area (Å²) in [6.45, 7) is 2.15. The van der Waals surface area contributed by atoms with Gasteiger partial charge in [0.15, 0.2) is 0 Å². The topological polar surface area (TPSA) is 77.2 Å². The van der Waals surface area contributed by atoms with Crippen LogP contribution in [0.2, 0.25) is 0 Å². The number of amides is 3. The average molecular weight is 367 g/mol. The summed E-state index contributed by atoms with van der Waals surface area (Å²) in [5, 5.41) is 12.8. The van der Waals surface area contributed by atoms with Gasteiger partial charge in [0.05, 0.1) is 12.7 Å². The fourth-order valence-corrected chi connectivity index (χ4v) is 3.98. The minimum atomic E-state index is -1.44. The van der Waals surface area contributed by atoms with E-state index in [0.29, 0.717) is 0 Å². The Morgan fingerprint density at radius 3 is 2.59 bits per heavy atom. The Hall–Kier alpha value is -3.06. The highest BCUT2D eigenvalue weighted by molar-refractivity contribution is 6.27. The summed E-state index contributed by atoms with van der Waals surface area (Å²) < 4.78 is 13.2. The Labute approximate surface area is 155 Å². The number of benzene rings is 2. The van der Waals surface area contributed by atoms with Crippen molar-refractivity contribution in [2.75, 3.05) is 18.5 Å². The third kappa shape index (κ3) is 2.62. The van der Waals surface area contributed by atoms with E-state index >= 15 is 0 Å². The maximum atomic E-state index is 13.4. The molecule has 4 rings (SSSR count). The zero-order chi connectivity index (χ0) is 19.3. The highest BCUT2D eigenvalue weighted by Crippen LogP contribution is 2.36. The minimum absolute atomic E-state index is 0.188. The SMILES string of the molecule is Cc1ccc2c(c1)CC1(C[NH+]2C)C(=O)N(c2ccc(F)cc2)C(=O)N=C1[O-]. The van der Waals surface area contributed by atoms with E-state index in [1.54, 1.807) is 0 Å². The smallest absolute Gasteiger partial charge is 0.353 e. The lowest BCUT2D eigenvalue weighted by molar-refractivity contribution is -0.818. The van der Waals surface area contributed by atoms with Crippen LogP contribution in [0.4, 0.5) is 20.6 Å². The fraction of sp³-hybridized carbons (Fsp3) is 0.250. The van der Waals surface area contributed by atoms with Crippen LogP contribution < -0.4 is 14.9 Å². The summed E-state index contributed by atoms with van der Waals surface area (Å²) in [5.41, 5.74) is 1.71. The van der Waals surface area contributed by atoms with E-state index in [-0.39, 0.29) is 18.7 Å². The van der Waals surface area contributed by atoms with E-state index in [1.165, 1.54) is 12.1 Å². The Balaban J connectivity index is 1.82. The highest BCUT2D eigenvalue weighted by atomic mass is 19.1. The molecule has 2 unspecified atom stereocenters. The second-order valence-electron chi connectivity index (χ2n) is 7.19. The van der Waals surface area contributed by atoms with Gasteiger partial charge in [0.1, 0.15) is 23.5 Å². The van der Waals surface area contributed by atoms with Crippen molar-refractivity contribution in [2.24, 2.45) is 10.4 Å². The van der Waals surface area contributed by atoms with Gasteiger partial charge >= 0.3 is 6.03 Å². The van der Waals surface area contributed by atoms with Crippen molar-refractivity contribution in [3.8, 4) is 0 Å². The van der Waals surface area contributed by atoms with Gasteiger partial charge in [0.2, 0.25) is 0 Å². The first-order chi connectivity index (χ1) is 12.8. The lowest BCUT2D eigenvalue weighted by Gasteiger charge is -2.45. The zero-order valence-electron chi connectivity index (χ0n) is 15.0. The van der Waals surface area contributed by atoms with Gasteiger partial charge in [0.25, 0.3) is 5.91 Å². The molecule has 2 atom stereocenters. The summed E-state index contributed by atoms with van der Waals surface area (Å²) in [5.74, 6) is -1.79. The summed E-state index contributed by atoms with van der Waals surface area (Å²) in [7, 11) is 1.88. The standard InChI is InChI=1S/C20H18FN3O3/c1-12-3-8-16-13(9-12)10-20(11-23(16)2)17(25)22-19(27)24(18(20)26)15-6-4-14(21)5-7-15/h3-9H,10-11H2,1-2H3,(H,22,25,27). The van der Waals surface area contributed by atoms with E-state index in [1.807, 2.05) is 32.2 Å². The molecule has 27 heavy (non-hydrogen) atoms. The van der Waals surface area contributed by atoms with E-state index in [0.717, 1.165) is 38.7 Å². The normalized spacial score (nSPS) is 24.8. The Morgan fingerprint density at radius 1 is 1.19 bits per heavy atom. The van der Waals surface area contributed by atoms with Crippen LogP contribution in [0.15, 0.2) is 47.5 Å². The quantitative estimate of drug-likeness (QED) is 0.808. The monoisotopic (exact) mass is 367 g/mol. The maximum absolute atomic E-state index is 13.4. The predicted octanol–water partition coefficient (Wildman–Crippen LogP) is 0.748. The van der Waals surface area contributed by atoms with Gasteiger partial charge < -0.3 is 10.0 Å². The van der Waals surface area contributed by atoms with Crippen molar-refractivity contribution in [2.45, 2.75) is 13.3 Å². The van der Waals surface area contributed by atoms with Crippen LogP contribution in [0, 0.1) is 18.2 Å². The molecule has 0 aliphatic carbocycles. The largest absolute Gasteiger partial charge is 0.861 e. The second kappa shape index (κ2) is 5.99. The first-order valence-corrected chi connectivity index (χ1v) is 8.64. The number of anilines is 1. The number of halogens is 1. The summed E-state index contributed by atoms with van der Waals surface area (Å²) in [6, 6.07) is 10.00. The number of carbonyl (C=O) groups is 2. The number of carbonyl (C=O) groups excluding carboxylic acids is 2. The second-order valence-corrected chi connectivity index (χ2v) is 7.19. The molecule has 3 amide bonds. The first-order valence-electron chi connectivity index (χ1n) is 8.64. The lowest BCUT2D eigenvalue weighted by Crippen LogP contribution is -3.08. The molecule has 6 nitrogen and oxygen atoms in total. The number of urea groups is 1. The molecule has 2 heterocycles. The van der Waals surface area contributed by atoms with Crippen molar-refractivity contribution in [3.05, 3.63) is 59.4 Å². The molecule has 2 aromatic carbocycles. The van der Waals surface area contributed by atoms with Crippen molar-refractivity contribution < 1.29 is 24.0 Å². The van der Waals surface area contributed by atoms with Gasteiger partial charge in [-0.2, -0.15) is 0 Å². The molecule has 2 aliphatic heterocycles. The number of hydrogen-bond acceptors (Lipinski definition) is 3. The third-order valence-corrected chi connectivity index (χ3v) is 5.27. The fourth-order valence-electron chi connectivity index (χ4n) is 3.98. The summed E-state index contributed by atoms with van der Waals surface area (Å²) in [4.78, 5) is 31.1. The molecule has 0 radical (unpaired) electrons. The van der Waals surface area contributed by atoms with Crippen LogP contribution in [0.5, 0.6) is 0 Å². The molecular weight excluding hydrogens is 349 g/mol. The van der Waals surface area contributed by atoms with Crippen molar-refractivity contribution in [1.82, 2.24) is 0 Å². The molecule has 138 valence electrons. The molecule has 1 spiro atoms. The lowest BCUT2D eigenvalue weighted by atomic mass is 9.75. The molecule has 7 heteroatoms. The number of quaternary nitrogens is 1. The molecule has 2 aliphatic rings. The van der Waals surface area contributed by atoms with Crippen LogP contribution in [-0.4, -0.2) is 31.4 Å². The molecule has 1 N–H and O–H groups in total. The zero-order valence-corrected chi connectivity index (χ0v) is 15.0. The van der Waals surface area contributed by atoms with Crippen LogP contribution in [-0.2, 0) is 11.2 Å². The molecular formula is C20H18FN3O3. The van der Waals surface area contributed by atoms with Gasteiger partial charge in [-0.3, -0.25) is 4.79 Å². The van der Waals surface area contributed by atoms with Crippen LogP contribution in [0.3, 0.4) is 0 Å². The average Bonchev–Trinajstić information content (AvgIpc) is 2.61. The molecule has 0 bridgehead atoms. The summed E-state index contributed by atoms with van der Waals surface area (Å²) >= 11 is 0. The summed E-state index contributed by atoms with van der Waals surface area (Å²) in [6.07, 6.45) is 0.188. The van der Waals surface area contributed by atoms with E-state index in [4.69, 9.17) is 0 Å². The number of nitrogens with zero attached hydrogens (tertiary/aromatic N) is 2. The molecule has 0 aromatic heterocycles. The number of aryl methyl sites for hydroxylation is 1. The van der Waals surface area contributed by atoms with E-state index in [9.17, 15) is 19.1 Å². The van der Waals surface area contributed by atoms with Crippen LogP contribution >= 0.6 is 0 Å².